The zero-order valence-corrected chi connectivity index (χ0v) is 8.93. The Morgan fingerprint density at radius 1 is 1.35 bits per heavy atom. The number of aliphatic hydroxyl groups is 1. The Kier molecular flexibility index (Phi) is 4.33. The summed E-state index contributed by atoms with van der Waals surface area (Å²) in [5.74, 6) is -4.47. The van der Waals surface area contributed by atoms with E-state index in [1.807, 2.05) is 5.32 Å². The molecule has 1 rings (SSSR count). The first-order chi connectivity index (χ1) is 7.95. The van der Waals surface area contributed by atoms with Gasteiger partial charge in [0.15, 0.2) is 17.5 Å². The number of amides is 2. The minimum absolute atomic E-state index is 0.298. The average molecular weight is 248 g/mol. The van der Waals surface area contributed by atoms with Crippen LogP contribution >= 0.6 is 0 Å². The fourth-order valence-electron chi connectivity index (χ4n) is 1.05. The lowest BCUT2D eigenvalue weighted by molar-refractivity contribution is 0.229. The number of anilines is 1. The van der Waals surface area contributed by atoms with Crippen LogP contribution in [0.5, 0.6) is 0 Å². The fraction of sp³-hybridized carbons (Fsp3) is 0.300. The molecular formula is C10H11F3N2O2. The zero-order valence-electron chi connectivity index (χ0n) is 8.93. The molecule has 0 saturated carbocycles. The van der Waals surface area contributed by atoms with Crippen LogP contribution in [-0.4, -0.2) is 23.8 Å². The normalized spacial score (nSPS) is 12.1. The van der Waals surface area contributed by atoms with E-state index in [1.165, 1.54) is 6.92 Å². The van der Waals surface area contributed by atoms with Gasteiger partial charge in [0.25, 0.3) is 0 Å². The van der Waals surface area contributed by atoms with Crippen molar-refractivity contribution in [2.45, 2.75) is 13.0 Å². The van der Waals surface area contributed by atoms with Crippen molar-refractivity contribution < 1.29 is 23.1 Å². The topological polar surface area (TPSA) is 61.4 Å². The molecule has 3 N–H and O–H groups in total. The molecule has 0 aliphatic heterocycles. The van der Waals surface area contributed by atoms with E-state index in [0.29, 0.717) is 6.07 Å². The maximum absolute atomic E-state index is 13.1. The molecule has 0 heterocycles. The van der Waals surface area contributed by atoms with Gasteiger partial charge in [0.2, 0.25) is 0 Å². The maximum atomic E-state index is 13.1. The second-order valence-electron chi connectivity index (χ2n) is 3.40. The van der Waals surface area contributed by atoms with Gasteiger partial charge in [0, 0.05) is 0 Å². The first kappa shape index (κ1) is 13.3. The van der Waals surface area contributed by atoms with Gasteiger partial charge in [-0.1, -0.05) is 0 Å². The summed E-state index contributed by atoms with van der Waals surface area (Å²) >= 11 is 0. The van der Waals surface area contributed by atoms with E-state index in [0.717, 1.165) is 6.07 Å². The van der Waals surface area contributed by atoms with Crippen molar-refractivity contribution in [3.63, 3.8) is 0 Å². The number of carbonyl (C=O) groups excluding carboxylic acids is 1. The first-order valence-electron chi connectivity index (χ1n) is 4.77. The highest BCUT2D eigenvalue weighted by Gasteiger charge is 2.15. The molecule has 0 bridgehead atoms. The molecule has 1 atom stereocenters. The highest BCUT2D eigenvalue weighted by atomic mass is 19.2. The lowest BCUT2D eigenvalue weighted by atomic mass is 10.3. The summed E-state index contributed by atoms with van der Waals surface area (Å²) < 4.78 is 38.5. The Labute approximate surface area is 95.4 Å². The van der Waals surface area contributed by atoms with Crippen molar-refractivity contribution >= 4 is 11.7 Å². The van der Waals surface area contributed by atoms with Gasteiger partial charge >= 0.3 is 6.03 Å². The minimum Gasteiger partial charge on any atom is -0.394 e. The molecule has 0 radical (unpaired) electrons. The van der Waals surface area contributed by atoms with Gasteiger partial charge < -0.3 is 15.7 Å². The molecule has 1 aromatic rings. The predicted molar refractivity (Wildman–Crippen MR) is 55.0 cm³/mol. The monoisotopic (exact) mass is 248 g/mol. The second-order valence-corrected chi connectivity index (χ2v) is 3.40. The highest BCUT2D eigenvalue weighted by molar-refractivity contribution is 5.89. The number of halogens is 3. The molecule has 0 fully saturated rings. The van der Waals surface area contributed by atoms with E-state index < -0.39 is 35.2 Å². The zero-order chi connectivity index (χ0) is 13.0. The van der Waals surface area contributed by atoms with Gasteiger partial charge in [-0.25, -0.2) is 18.0 Å². The van der Waals surface area contributed by atoms with Crippen LogP contribution in [0.2, 0.25) is 0 Å². The molecule has 1 aromatic carbocycles. The van der Waals surface area contributed by atoms with Crippen LogP contribution < -0.4 is 10.6 Å². The van der Waals surface area contributed by atoms with Gasteiger partial charge in [0.1, 0.15) is 0 Å². The number of hydrogen-bond acceptors (Lipinski definition) is 2. The minimum atomic E-state index is -1.65. The van der Waals surface area contributed by atoms with Crippen molar-refractivity contribution in [2.24, 2.45) is 0 Å². The summed E-state index contributed by atoms with van der Waals surface area (Å²) in [6, 6.07) is 0.236. The lowest BCUT2D eigenvalue weighted by Crippen LogP contribution is -2.38. The summed E-state index contributed by atoms with van der Waals surface area (Å²) in [7, 11) is 0. The summed E-state index contributed by atoms with van der Waals surface area (Å²) in [5, 5.41) is 12.9. The summed E-state index contributed by atoms with van der Waals surface area (Å²) in [6.07, 6.45) is 0. The number of nitrogens with one attached hydrogen (secondary N) is 2. The SMILES string of the molecule is CC(CO)NC(=O)Nc1ccc(F)c(F)c1F. The van der Waals surface area contributed by atoms with Crippen LogP contribution in [0, 0.1) is 17.5 Å². The van der Waals surface area contributed by atoms with Crippen LogP contribution in [0.25, 0.3) is 0 Å². The van der Waals surface area contributed by atoms with Crippen molar-refractivity contribution in [3.8, 4) is 0 Å². The van der Waals surface area contributed by atoms with E-state index in [9.17, 15) is 18.0 Å². The van der Waals surface area contributed by atoms with Gasteiger partial charge in [-0.05, 0) is 19.1 Å². The molecule has 0 aliphatic carbocycles. The third-order valence-corrected chi connectivity index (χ3v) is 1.93. The highest BCUT2D eigenvalue weighted by Crippen LogP contribution is 2.19. The molecule has 17 heavy (non-hydrogen) atoms. The van der Waals surface area contributed by atoms with Gasteiger partial charge in [-0.3, -0.25) is 0 Å². The van der Waals surface area contributed by atoms with E-state index in [4.69, 9.17) is 5.11 Å². The molecule has 94 valence electrons. The summed E-state index contributed by atoms with van der Waals surface area (Å²) in [6.45, 7) is 1.22. The Bertz CT molecular complexity index is 426. The molecule has 0 aromatic heterocycles. The Balaban J connectivity index is 2.76. The lowest BCUT2D eigenvalue weighted by Gasteiger charge is -2.12. The average Bonchev–Trinajstić information content (AvgIpc) is 2.29. The number of urea groups is 1. The first-order valence-corrected chi connectivity index (χ1v) is 4.77. The van der Waals surface area contributed by atoms with Crippen LogP contribution in [0.3, 0.4) is 0 Å². The number of rotatable bonds is 3. The van der Waals surface area contributed by atoms with E-state index in [-0.39, 0.29) is 6.61 Å². The molecule has 7 heteroatoms. The van der Waals surface area contributed by atoms with Crippen molar-refractivity contribution in [2.75, 3.05) is 11.9 Å². The molecule has 4 nitrogen and oxygen atoms in total. The number of benzene rings is 1. The standard InChI is InChI=1S/C10H11F3N2O2/c1-5(4-16)14-10(17)15-7-3-2-6(11)8(12)9(7)13/h2-3,5,16H,4H2,1H3,(H2,14,15,17). The van der Waals surface area contributed by atoms with E-state index >= 15 is 0 Å². The smallest absolute Gasteiger partial charge is 0.319 e. The molecule has 0 saturated heterocycles. The fourth-order valence-corrected chi connectivity index (χ4v) is 1.05. The molecule has 1 unspecified atom stereocenters. The van der Waals surface area contributed by atoms with Gasteiger partial charge in [0.05, 0.1) is 18.3 Å². The Morgan fingerprint density at radius 2 is 2.00 bits per heavy atom. The number of hydrogen-bond donors (Lipinski definition) is 3. The molecule has 0 aliphatic rings. The van der Waals surface area contributed by atoms with E-state index in [1.54, 1.807) is 0 Å². The second kappa shape index (κ2) is 5.53. The predicted octanol–water partition coefficient (Wildman–Crippen LogP) is 1.61. The Hall–Kier alpha value is -1.76. The van der Waals surface area contributed by atoms with Gasteiger partial charge in [-0.15, -0.1) is 0 Å². The Morgan fingerprint density at radius 3 is 2.59 bits per heavy atom. The third-order valence-electron chi connectivity index (χ3n) is 1.93. The molecule has 0 spiro atoms. The van der Waals surface area contributed by atoms with Crippen LogP contribution in [-0.2, 0) is 0 Å². The summed E-state index contributed by atoms with van der Waals surface area (Å²) in [5.41, 5.74) is -0.480. The number of aliphatic hydroxyl groups excluding tert-OH is 1. The van der Waals surface area contributed by atoms with Gasteiger partial charge in [-0.2, -0.15) is 0 Å². The molecule has 2 amide bonds. The quantitative estimate of drug-likeness (QED) is 0.711. The van der Waals surface area contributed by atoms with Crippen LogP contribution in [0.4, 0.5) is 23.7 Å². The van der Waals surface area contributed by atoms with E-state index in [2.05, 4.69) is 5.32 Å². The maximum Gasteiger partial charge on any atom is 0.319 e. The van der Waals surface area contributed by atoms with Crippen LogP contribution in [0.15, 0.2) is 12.1 Å². The largest absolute Gasteiger partial charge is 0.394 e. The molecular weight excluding hydrogens is 237 g/mol. The van der Waals surface area contributed by atoms with Crippen molar-refractivity contribution in [1.29, 1.82) is 0 Å². The third kappa shape index (κ3) is 3.35. The summed E-state index contributed by atoms with van der Waals surface area (Å²) in [4.78, 5) is 11.2. The van der Waals surface area contributed by atoms with Crippen LogP contribution in [0.1, 0.15) is 6.92 Å². The van der Waals surface area contributed by atoms with Crippen molar-refractivity contribution in [3.05, 3.63) is 29.6 Å². The number of carbonyl (C=O) groups is 1. The van der Waals surface area contributed by atoms with Crippen molar-refractivity contribution in [1.82, 2.24) is 5.32 Å².